The van der Waals surface area contributed by atoms with Gasteiger partial charge in [0.2, 0.25) is 0 Å². The number of aliphatic hydroxyl groups excluding tert-OH is 2. The molecule has 0 radical (unpaired) electrons. The van der Waals surface area contributed by atoms with Crippen molar-refractivity contribution in [3.05, 3.63) is 35.1 Å². The predicted molar refractivity (Wildman–Crippen MR) is 66.7 cm³/mol. The Hall–Kier alpha value is -1.11. The summed E-state index contributed by atoms with van der Waals surface area (Å²) in [5.41, 5.74) is 6.47. The van der Waals surface area contributed by atoms with Gasteiger partial charge in [0, 0.05) is 17.1 Å². The van der Waals surface area contributed by atoms with Crippen molar-refractivity contribution in [1.29, 1.82) is 5.41 Å². The summed E-state index contributed by atoms with van der Waals surface area (Å²) in [6.07, 6.45) is -0.763. The average Bonchev–Trinajstić information content (AvgIpc) is 2.30. The zero-order chi connectivity index (χ0) is 12.8. The van der Waals surface area contributed by atoms with E-state index in [2.05, 4.69) is 0 Å². The molecule has 0 saturated heterocycles. The van der Waals surface area contributed by atoms with Crippen LogP contribution in [0.2, 0.25) is 0 Å². The summed E-state index contributed by atoms with van der Waals surface area (Å²) in [6, 6.07) is 4.11. The van der Waals surface area contributed by atoms with E-state index in [1.807, 2.05) is 0 Å². The van der Waals surface area contributed by atoms with Crippen LogP contribution in [-0.2, 0) is 5.75 Å². The number of amidine groups is 1. The fourth-order valence-corrected chi connectivity index (χ4v) is 2.25. The van der Waals surface area contributed by atoms with Crippen LogP contribution in [0.3, 0.4) is 0 Å². The fourth-order valence-electron chi connectivity index (χ4n) is 1.28. The van der Waals surface area contributed by atoms with Crippen molar-refractivity contribution >= 4 is 17.6 Å². The standard InChI is InChI=1S/C11H15FN2O2S/c12-8-2-1-7(10(3-8)11(13)14)5-17-6-9(16)4-15/h1-3,9,15-16H,4-6H2,(H3,13,14). The molecule has 94 valence electrons. The Morgan fingerprint density at radius 1 is 1.53 bits per heavy atom. The smallest absolute Gasteiger partial charge is 0.123 e. The summed E-state index contributed by atoms with van der Waals surface area (Å²) >= 11 is 1.39. The molecular weight excluding hydrogens is 243 g/mol. The molecule has 5 N–H and O–H groups in total. The Morgan fingerprint density at radius 3 is 2.82 bits per heavy atom. The van der Waals surface area contributed by atoms with Gasteiger partial charge in [-0.1, -0.05) is 6.07 Å². The van der Waals surface area contributed by atoms with E-state index in [1.54, 1.807) is 6.07 Å². The van der Waals surface area contributed by atoms with Gasteiger partial charge in [-0.05, 0) is 17.7 Å². The Kier molecular flexibility index (Phi) is 5.40. The number of hydrogen-bond acceptors (Lipinski definition) is 4. The van der Waals surface area contributed by atoms with E-state index in [4.69, 9.17) is 21.4 Å². The number of benzene rings is 1. The van der Waals surface area contributed by atoms with Crippen molar-refractivity contribution in [2.75, 3.05) is 12.4 Å². The van der Waals surface area contributed by atoms with E-state index >= 15 is 0 Å². The van der Waals surface area contributed by atoms with Crippen molar-refractivity contribution in [2.24, 2.45) is 5.73 Å². The summed E-state index contributed by atoms with van der Waals surface area (Å²) in [5, 5.41) is 25.1. The molecule has 6 heteroatoms. The number of hydrogen-bond donors (Lipinski definition) is 4. The molecule has 0 aliphatic heterocycles. The van der Waals surface area contributed by atoms with Gasteiger partial charge in [0.25, 0.3) is 0 Å². The van der Waals surface area contributed by atoms with E-state index in [0.717, 1.165) is 5.56 Å². The highest BCUT2D eigenvalue weighted by molar-refractivity contribution is 7.98. The number of rotatable bonds is 6. The predicted octanol–water partition coefficient (Wildman–Crippen LogP) is 0.696. The topological polar surface area (TPSA) is 90.3 Å². The number of nitrogens with one attached hydrogen (secondary N) is 1. The third-order valence-electron chi connectivity index (χ3n) is 2.14. The second-order valence-electron chi connectivity index (χ2n) is 3.57. The maximum atomic E-state index is 13.0. The Bertz CT molecular complexity index is 401. The molecule has 0 saturated carbocycles. The van der Waals surface area contributed by atoms with Crippen molar-refractivity contribution in [2.45, 2.75) is 11.9 Å². The van der Waals surface area contributed by atoms with E-state index in [9.17, 15) is 4.39 Å². The molecule has 0 amide bonds. The zero-order valence-electron chi connectivity index (χ0n) is 9.19. The van der Waals surface area contributed by atoms with Gasteiger partial charge >= 0.3 is 0 Å². The van der Waals surface area contributed by atoms with Crippen LogP contribution < -0.4 is 5.73 Å². The van der Waals surface area contributed by atoms with Crippen molar-refractivity contribution in [3.63, 3.8) is 0 Å². The third-order valence-corrected chi connectivity index (χ3v) is 3.28. The molecular formula is C11H15FN2O2S. The number of thioether (sulfide) groups is 1. The molecule has 0 aromatic heterocycles. The molecule has 0 heterocycles. The lowest BCUT2D eigenvalue weighted by atomic mass is 10.1. The van der Waals surface area contributed by atoms with Crippen LogP contribution in [0, 0.1) is 11.2 Å². The lowest BCUT2D eigenvalue weighted by Gasteiger charge is -2.10. The van der Waals surface area contributed by atoms with E-state index in [1.165, 1.54) is 23.9 Å². The maximum absolute atomic E-state index is 13.0. The summed E-state index contributed by atoms with van der Waals surface area (Å²) < 4.78 is 13.0. The fraction of sp³-hybridized carbons (Fsp3) is 0.364. The molecule has 0 fully saturated rings. The highest BCUT2D eigenvalue weighted by Crippen LogP contribution is 2.18. The largest absolute Gasteiger partial charge is 0.394 e. The average molecular weight is 258 g/mol. The highest BCUT2D eigenvalue weighted by atomic mass is 32.2. The minimum absolute atomic E-state index is 0.178. The molecule has 1 unspecified atom stereocenters. The van der Waals surface area contributed by atoms with Crippen molar-refractivity contribution < 1.29 is 14.6 Å². The van der Waals surface area contributed by atoms with Gasteiger partial charge in [-0.3, -0.25) is 5.41 Å². The maximum Gasteiger partial charge on any atom is 0.123 e. The second-order valence-corrected chi connectivity index (χ2v) is 4.60. The van der Waals surface area contributed by atoms with Crippen LogP contribution in [0.15, 0.2) is 18.2 Å². The number of aliphatic hydroxyl groups is 2. The van der Waals surface area contributed by atoms with Gasteiger partial charge in [-0.15, -0.1) is 0 Å². The molecule has 1 atom stereocenters. The first-order valence-electron chi connectivity index (χ1n) is 5.04. The first-order valence-corrected chi connectivity index (χ1v) is 6.19. The van der Waals surface area contributed by atoms with Gasteiger partial charge in [-0.25, -0.2) is 4.39 Å². The summed E-state index contributed by atoms with van der Waals surface area (Å²) in [6.45, 7) is -0.282. The lowest BCUT2D eigenvalue weighted by molar-refractivity contribution is 0.113. The number of nitrogens with two attached hydrogens (primary N) is 1. The van der Waals surface area contributed by atoms with E-state index in [0.29, 0.717) is 17.1 Å². The zero-order valence-corrected chi connectivity index (χ0v) is 10.0. The molecule has 1 aromatic rings. The Balaban J connectivity index is 2.67. The molecule has 1 aromatic carbocycles. The van der Waals surface area contributed by atoms with Gasteiger partial charge in [-0.2, -0.15) is 11.8 Å². The first-order chi connectivity index (χ1) is 8.04. The normalized spacial score (nSPS) is 12.4. The van der Waals surface area contributed by atoms with Crippen LogP contribution in [0.25, 0.3) is 0 Å². The lowest BCUT2D eigenvalue weighted by Crippen LogP contribution is -2.16. The summed E-state index contributed by atoms with van der Waals surface area (Å²) in [7, 11) is 0. The minimum atomic E-state index is -0.763. The molecule has 0 aliphatic rings. The number of halogens is 1. The van der Waals surface area contributed by atoms with Crippen molar-refractivity contribution in [1.82, 2.24) is 0 Å². The first kappa shape index (κ1) is 14.0. The third kappa shape index (κ3) is 4.33. The van der Waals surface area contributed by atoms with Gasteiger partial charge in [0.05, 0.1) is 12.7 Å². The van der Waals surface area contributed by atoms with Gasteiger partial charge in [0.15, 0.2) is 0 Å². The molecule has 4 nitrogen and oxygen atoms in total. The van der Waals surface area contributed by atoms with Crippen molar-refractivity contribution in [3.8, 4) is 0 Å². The molecule has 0 bridgehead atoms. The van der Waals surface area contributed by atoms with Gasteiger partial charge < -0.3 is 15.9 Å². The highest BCUT2D eigenvalue weighted by Gasteiger charge is 2.08. The summed E-state index contributed by atoms with van der Waals surface area (Å²) in [5.74, 6) is 0.277. The van der Waals surface area contributed by atoms with Crippen LogP contribution in [0.1, 0.15) is 11.1 Å². The second kappa shape index (κ2) is 6.58. The Labute approximate surface area is 103 Å². The van der Waals surface area contributed by atoms with Crippen LogP contribution in [0.5, 0.6) is 0 Å². The summed E-state index contributed by atoms with van der Waals surface area (Å²) in [4.78, 5) is 0. The van der Waals surface area contributed by atoms with Crippen LogP contribution in [-0.4, -0.2) is 34.5 Å². The number of nitrogen functional groups attached to an aromatic ring is 1. The minimum Gasteiger partial charge on any atom is -0.394 e. The van der Waals surface area contributed by atoms with Crippen LogP contribution >= 0.6 is 11.8 Å². The van der Waals surface area contributed by atoms with E-state index in [-0.39, 0.29) is 12.4 Å². The van der Waals surface area contributed by atoms with Gasteiger partial charge in [0.1, 0.15) is 11.7 Å². The quantitative estimate of drug-likeness (QED) is 0.446. The SMILES string of the molecule is N=C(N)c1cc(F)ccc1CSCC(O)CO. The monoisotopic (exact) mass is 258 g/mol. The van der Waals surface area contributed by atoms with E-state index < -0.39 is 11.9 Å². The van der Waals surface area contributed by atoms with Crippen LogP contribution in [0.4, 0.5) is 4.39 Å². The Morgan fingerprint density at radius 2 is 2.24 bits per heavy atom. The molecule has 0 aliphatic carbocycles. The molecule has 0 spiro atoms. The molecule has 1 rings (SSSR count). The molecule has 17 heavy (non-hydrogen) atoms.